The summed E-state index contributed by atoms with van der Waals surface area (Å²) >= 11 is 0. The van der Waals surface area contributed by atoms with Crippen molar-refractivity contribution in [3.8, 4) is 0 Å². The lowest BCUT2D eigenvalue weighted by Gasteiger charge is -2.35. The molecule has 0 aliphatic carbocycles. The van der Waals surface area contributed by atoms with Crippen LogP contribution in [0.4, 0.5) is 10.1 Å². The van der Waals surface area contributed by atoms with Gasteiger partial charge in [-0.25, -0.2) is 4.39 Å². The smallest absolute Gasteiger partial charge is 0.253 e. The number of hydrogen-bond donors (Lipinski definition) is 2. The zero-order valence-electron chi connectivity index (χ0n) is 18.7. The Balaban J connectivity index is 1.35. The van der Waals surface area contributed by atoms with E-state index in [0.29, 0.717) is 16.7 Å². The van der Waals surface area contributed by atoms with Crippen LogP contribution in [0.3, 0.4) is 0 Å². The molecular weight excluding hydrogens is 417 g/mol. The lowest BCUT2D eigenvalue weighted by molar-refractivity contribution is 0.0929. The molecule has 0 saturated carbocycles. The minimum Gasteiger partial charge on any atom is -0.371 e. The standard InChI is InChI=1S/C27H28FN3O2/c1-19-9-11-21(12-10-19)26(32)30-23-13-15-31(16-14-23)25-8-3-2-7-24(25)27(33)29-18-20-5-4-6-22(28)17-20/h2-12,17,23H,13-16,18H2,1H3,(H,29,33)(H,30,32). The number of anilines is 1. The summed E-state index contributed by atoms with van der Waals surface area (Å²) in [6, 6.07) is 21.4. The van der Waals surface area contributed by atoms with E-state index in [9.17, 15) is 14.0 Å². The zero-order chi connectivity index (χ0) is 23.2. The summed E-state index contributed by atoms with van der Waals surface area (Å²) in [6.45, 7) is 3.75. The quantitative estimate of drug-likeness (QED) is 0.589. The molecule has 1 aliphatic rings. The van der Waals surface area contributed by atoms with Crippen LogP contribution in [0, 0.1) is 12.7 Å². The van der Waals surface area contributed by atoms with E-state index in [-0.39, 0.29) is 30.2 Å². The molecule has 3 aromatic rings. The van der Waals surface area contributed by atoms with E-state index in [1.807, 2.05) is 55.5 Å². The predicted octanol–water partition coefficient (Wildman–Crippen LogP) is 4.46. The number of carbonyl (C=O) groups is 2. The van der Waals surface area contributed by atoms with Crippen molar-refractivity contribution in [3.63, 3.8) is 0 Å². The number of amides is 2. The van der Waals surface area contributed by atoms with Gasteiger partial charge in [-0.2, -0.15) is 0 Å². The van der Waals surface area contributed by atoms with Crippen LogP contribution in [0.2, 0.25) is 0 Å². The van der Waals surface area contributed by atoms with E-state index >= 15 is 0 Å². The van der Waals surface area contributed by atoms with Crippen molar-refractivity contribution in [3.05, 3.63) is 101 Å². The fourth-order valence-electron chi connectivity index (χ4n) is 4.10. The molecule has 0 unspecified atom stereocenters. The highest BCUT2D eigenvalue weighted by Gasteiger charge is 2.24. The van der Waals surface area contributed by atoms with Crippen molar-refractivity contribution in [2.45, 2.75) is 32.4 Å². The van der Waals surface area contributed by atoms with Gasteiger partial charge in [0.25, 0.3) is 11.8 Å². The second-order valence-corrected chi connectivity index (χ2v) is 8.43. The van der Waals surface area contributed by atoms with Crippen molar-refractivity contribution in [2.24, 2.45) is 0 Å². The van der Waals surface area contributed by atoms with Gasteiger partial charge in [0.1, 0.15) is 5.82 Å². The van der Waals surface area contributed by atoms with Gasteiger partial charge in [0.2, 0.25) is 0 Å². The van der Waals surface area contributed by atoms with Crippen LogP contribution in [-0.4, -0.2) is 30.9 Å². The van der Waals surface area contributed by atoms with E-state index < -0.39 is 0 Å². The Morgan fingerprint density at radius 3 is 2.39 bits per heavy atom. The minimum absolute atomic E-state index is 0.0504. The lowest BCUT2D eigenvalue weighted by Crippen LogP contribution is -2.45. The first-order chi connectivity index (χ1) is 16.0. The van der Waals surface area contributed by atoms with Crippen LogP contribution in [-0.2, 0) is 6.54 Å². The molecule has 1 aliphatic heterocycles. The molecular formula is C27H28FN3O2. The molecule has 1 heterocycles. The van der Waals surface area contributed by atoms with Crippen molar-refractivity contribution in [1.29, 1.82) is 0 Å². The summed E-state index contributed by atoms with van der Waals surface area (Å²) in [5.41, 5.74) is 3.97. The highest BCUT2D eigenvalue weighted by molar-refractivity contribution is 5.99. The van der Waals surface area contributed by atoms with Crippen LogP contribution >= 0.6 is 0 Å². The number of piperidine rings is 1. The Kier molecular flexibility index (Phi) is 7.03. The van der Waals surface area contributed by atoms with Gasteiger partial charge in [-0.05, 0) is 61.7 Å². The van der Waals surface area contributed by atoms with Crippen molar-refractivity contribution >= 4 is 17.5 Å². The van der Waals surface area contributed by atoms with E-state index in [1.165, 1.54) is 12.1 Å². The number of rotatable bonds is 6. The molecule has 170 valence electrons. The van der Waals surface area contributed by atoms with Gasteiger partial charge in [0, 0.05) is 36.9 Å². The average Bonchev–Trinajstić information content (AvgIpc) is 2.83. The summed E-state index contributed by atoms with van der Waals surface area (Å²) < 4.78 is 13.4. The summed E-state index contributed by atoms with van der Waals surface area (Å²) in [7, 11) is 0. The Morgan fingerprint density at radius 1 is 0.939 bits per heavy atom. The average molecular weight is 446 g/mol. The molecule has 2 amide bonds. The molecule has 5 nitrogen and oxygen atoms in total. The predicted molar refractivity (Wildman–Crippen MR) is 128 cm³/mol. The second kappa shape index (κ2) is 10.3. The summed E-state index contributed by atoms with van der Waals surface area (Å²) in [5.74, 6) is -0.560. The fourth-order valence-corrected chi connectivity index (χ4v) is 4.10. The van der Waals surface area contributed by atoms with Crippen LogP contribution in [0.5, 0.6) is 0 Å². The number of nitrogens with zero attached hydrogens (tertiary/aromatic N) is 1. The largest absolute Gasteiger partial charge is 0.371 e. The summed E-state index contributed by atoms with van der Waals surface area (Å²) in [6.07, 6.45) is 1.60. The van der Waals surface area contributed by atoms with Gasteiger partial charge in [-0.3, -0.25) is 9.59 Å². The number of nitrogens with one attached hydrogen (secondary N) is 2. The molecule has 0 spiro atoms. The van der Waals surface area contributed by atoms with E-state index in [1.54, 1.807) is 12.1 Å². The normalized spacial score (nSPS) is 14.1. The first-order valence-electron chi connectivity index (χ1n) is 11.2. The number of para-hydroxylation sites is 1. The topological polar surface area (TPSA) is 61.4 Å². The number of halogens is 1. The molecule has 0 radical (unpaired) electrons. The molecule has 6 heteroatoms. The number of aryl methyl sites for hydroxylation is 1. The first kappa shape index (κ1) is 22.5. The van der Waals surface area contributed by atoms with Gasteiger partial charge < -0.3 is 15.5 Å². The second-order valence-electron chi connectivity index (χ2n) is 8.43. The van der Waals surface area contributed by atoms with E-state index in [0.717, 1.165) is 37.2 Å². The molecule has 3 aromatic carbocycles. The Labute approximate surface area is 193 Å². The Hall–Kier alpha value is -3.67. The third-order valence-electron chi connectivity index (χ3n) is 5.98. The van der Waals surface area contributed by atoms with Crippen LogP contribution < -0.4 is 15.5 Å². The van der Waals surface area contributed by atoms with Crippen molar-refractivity contribution < 1.29 is 14.0 Å². The maximum absolute atomic E-state index is 13.4. The number of carbonyl (C=O) groups excluding carboxylic acids is 2. The van der Waals surface area contributed by atoms with E-state index in [2.05, 4.69) is 15.5 Å². The van der Waals surface area contributed by atoms with E-state index in [4.69, 9.17) is 0 Å². The molecule has 0 bridgehead atoms. The molecule has 1 saturated heterocycles. The Morgan fingerprint density at radius 2 is 1.67 bits per heavy atom. The van der Waals surface area contributed by atoms with Crippen LogP contribution in [0.15, 0.2) is 72.8 Å². The highest BCUT2D eigenvalue weighted by atomic mass is 19.1. The summed E-state index contributed by atoms with van der Waals surface area (Å²) in [5, 5.41) is 6.02. The third kappa shape index (κ3) is 5.77. The van der Waals surface area contributed by atoms with Gasteiger partial charge in [-0.15, -0.1) is 0 Å². The van der Waals surface area contributed by atoms with Gasteiger partial charge in [-0.1, -0.05) is 42.0 Å². The molecule has 33 heavy (non-hydrogen) atoms. The molecule has 0 atom stereocenters. The SMILES string of the molecule is Cc1ccc(C(=O)NC2CCN(c3ccccc3C(=O)NCc3cccc(F)c3)CC2)cc1. The summed E-state index contributed by atoms with van der Waals surface area (Å²) in [4.78, 5) is 27.6. The third-order valence-corrected chi connectivity index (χ3v) is 5.98. The zero-order valence-corrected chi connectivity index (χ0v) is 18.7. The van der Waals surface area contributed by atoms with Gasteiger partial charge in [0.05, 0.1) is 5.56 Å². The Bertz CT molecular complexity index is 1120. The van der Waals surface area contributed by atoms with Crippen molar-refractivity contribution in [1.82, 2.24) is 10.6 Å². The number of hydrogen-bond acceptors (Lipinski definition) is 3. The lowest BCUT2D eigenvalue weighted by atomic mass is 10.0. The monoisotopic (exact) mass is 445 g/mol. The minimum atomic E-state index is -0.320. The molecule has 4 rings (SSSR count). The maximum atomic E-state index is 13.4. The number of benzene rings is 3. The molecule has 1 fully saturated rings. The molecule has 0 aromatic heterocycles. The van der Waals surface area contributed by atoms with Gasteiger partial charge >= 0.3 is 0 Å². The first-order valence-corrected chi connectivity index (χ1v) is 11.2. The fraction of sp³-hybridized carbons (Fsp3) is 0.259. The van der Waals surface area contributed by atoms with Crippen LogP contribution in [0.25, 0.3) is 0 Å². The highest BCUT2D eigenvalue weighted by Crippen LogP contribution is 2.24. The van der Waals surface area contributed by atoms with Gasteiger partial charge in [0.15, 0.2) is 0 Å². The molecule has 2 N–H and O–H groups in total. The maximum Gasteiger partial charge on any atom is 0.253 e. The van der Waals surface area contributed by atoms with Crippen LogP contribution in [0.1, 0.15) is 44.7 Å². The van der Waals surface area contributed by atoms with Crippen molar-refractivity contribution in [2.75, 3.05) is 18.0 Å².